The van der Waals surface area contributed by atoms with Gasteiger partial charge in [0.1, 0.15) is 6.04 Å². The number of aryl methyl sites for hydroxylation is 2. The summed E-state index contributed by atoms with van der Waals surface area (Å²) in [6.07, 6.45) is 1.17. The van der Waals surface area contributed by atoms with E-state index < -0.39 is 12.0 Å². The van der Waals surface area contributed by atoms with Gasteiger partial charge in [0.25, 0.3) is 0 Å². The number of nitrogens with one attached hydrogen (secondary N) is 1. The number of hydrogen-bond acceptors (Lipinski definition) is 6. The van der Waals surface area contributed by atoms with E-state index in [-0.39, 0.29) is 12.3 Å². The van der Waals surface area contributed by atoms with Crippen LogP contribution in [0.4, 0.5) is 5.95 Å². The molecule has 0 spiro atoms. The minimum absolute atomic E-state index is 0.286. The van der Waals surface area contributed by atoms with Gasteiger partial charge in [0, 0.05) is 13.1 Å². The first-order chi connectivity index (χ1) is 10.1. The number of carbonyl (C=O) groups is 2. The minimum Gasteiger partial charge on any atom is -0.481 e. The fourth-order valence-corrected chi connectivity index (χ4v) is 2.37. The lowest BCUT2D eigenvalue weighted by Crippen LogP contribution is -2.56. The highest BCUT2D eigenvalue weighted by molar-refractivity contribution is 5.89. The van der Waals surface area contributed by atoms with E-state index in [4.69, 9.17) is 5.11 Å². The van der Waals surface area contributed by atoms with Crippen LogP contribution in [0.1, 0.15) is 31.7 Å². The van der Waals surface area contributed by atoms with Crippen LogP contribution in [0.3, 0.4) is 0 Å². The molecule has 0 aromatic carbocycles. The fraction of sp³-hybridized carbons (Fsp3) is 0.615. The molecule has 1 aromatic rings. The number of rotatable bonds is 5. The Morgan fingerprint density at radius 2 is 2.05 bits per heavy atom. The molecule has 1 aliphatic heterocycles. The average molecular weight is 293 g/mol. The van der Waals surface area contributed by atoms with Gasteiger partial charge in [-0.3, -0.25) is 9.59 Å². The van der Waals surface area contributed by atoms with Gasteiger partial charge in [-0.05, 0) is 12.8 Å². The molecule has 0 bridgehead atoms. The van der Waals surface area contributed by atoms with Gasteiger partial charge >= 0.3 is 5.97 Å². The van der Waals surface area contributed by atoms with E-state index in [2.05, 4.69) is 20.5 Å². The van der Waals surface area contributed by atoms with Crippen LogP contribution >= 0.6 is 0 Å². The number of carboxylic acids is 1. The van der Waals surface area contributed by atoms with Gasteiger partial charge in [-0.25, -0.2) is 4.98 Å². The predicted octanol–water partition coefficient (Wildman–Crippen LogP) is -0.224. The lowest BCUT2D eigenvalue weighted by Gasteiger charge is -2.34. The van der Waals surface area contributed by atoms with Crippen molar-refractivity contribution in [3.05, 3.63) is 11.4 Å². The highest BCUT2D eigenvalue weighted by atomic mass is 16.4. The third-order valence-corrected chi connectivity index (χ3v) is 3.45. The molecule has 21 heavy (non-hydrogen) atoms. The van der Waals surface area contributed by atoms with E-state index in [0.29, 0.717) is 19.0 Å². The topological polar surface area (TPSA) is 108 Å². The standard InChI is InChI=1S/C13H19N5O3/c1-3-8-9(4-2)16-17-13(15-8)18-6-5-14-12(21)10(18)7-11(19)20/h10H,3-7H2,1-2H3,(H,14,21)(H,19,20). The van der Waals surface area contributed by atoms with Crippen LogP contribution in [0.25, 0.3) is 0 Å². The van der Waals surface area contributed by atoms with Crippen molar-refractivity contribution in [1.29, 1.82) is 0 Å². The monoisotopic (exact) mass is 293 g/mol. The zero-order valence-corrected chi connectivity index (χ0v) is 12.2. The quantitative estimate of drug-likeness (QED) is 0.772. The first-order valence-electron chi connectivity index (χ1n) is 7.05. The van der Waals surface area contributed by atoms with E-state index in [9.17, 15) is 9.59 Å². The number of piperazine rings is 1. The lowest BCUT2D eigenvalue weighted by atomic mass is 10.1. The van der Waals surface area contributed by atoms with Crippen LogP contribution < -0.4 is 10.2 Å². The molecule has 1 atom stereocenters. The molecule has 8 nitrogen and oxygen atoms in total. The normalized spacial score (nSPS) is 18.5. The van der Waals surface area contributed by atoms with Crippen molar-refractivity contribution < 1.29 is 14.7 Å². The Labute approximate surface area is 122 Å². The lowest BCUT2D eigenvalue weighted by molar-refractivity contribution is -0.139. The number of hydrogen-bond donors (Lipinski definition) is 2. The first-order valence-corrected chi connectivity index (χ1v) is 7.05. The Kier molecular flexibility index (Phi) is 4.66. The van der Waals surface area contributed by atoms with E-state index in [1.807, 2.05) is 13.8 Å². The summed E-state index contributed by atoms with van der Waals surface area (Å²) in [4.78, 5) is 28.9. The third-order valence-electron chi connectivity index (χ3n) is 3.45. The smallest absolute Gasteiger partial charge is 0.305 e. The summed E-state index contributed by atoms with van der Waals surface area (Å²) in [5.74, 6) is -1.02. The molecule has 0 aliphatic carbocycles. The molecule has 0 radical (unpaired) electrons. The highest BCUT2D eigenvalue weighted by Gasteiger charge is 2.33. The molecule has 8 heteroatoms. The van der Waals surface area contributed by atoms with Gasteiger partial charge in [-0.2, -0.15) is 5.10 Å². The molecule has 2 heterocycles. The summed E-state index contributed by atoms with van der Waals surface area (Å²) < 4.78 is 0. The number of nitrogens with zero attached hydrogens (tertiary/aromatic N) is 4. The molecule has 1 saturated heterocycles. The summed E-state index contributed by atoms with van der Waals surface area (Å²) in [5, 5.41) is 19.9. The summed E-state index contributed by atoms with van der Waals surface area (Å²) >= 11 is 0. The maximum Gasteiger partial charge on any atom is 0.305 e. The van der Waals surface area contributed by atoms with E-state index in [1.165, 1.54) is 0 Å². The van der Waals surface area contributed by atoms with Crippen LogP contribution in [0, 0.1) is 0 Å². The van der Waals surface area contributed by atoms with E-state index >= 15 is 0 Å². The van der Waals surface area contributed by atoms with Gasteiger partial charge < -0.3 is 15.3 Å². The number of aliphatic carboxylic acids is 1. The molecular formula is C13H19N5O3. The second-order valence-electron chi connectivity index (χ2n) is 4.81. The molecule has 0 saturated carbocycles. The maximum atomic E-state index is 11.9. The SMILES string of the molecule is CCc1nnc(N2CCNC(=O)C2CC(=O)O)nc1CC. The zero-order chi connectivity index (χ0) is 15.4. The number of anilines is 1. The average Bonchev–Trinajstić information content (AvgIpc) is 2.48. The highest BCUT2D eigenvalue weighted by Crippen LogP contribution is 2.17. The second-order valence-corrected chi connectivity index (χ2v) is 4.81. The van der Waals surface area contributed by atoms with Crippen molar-refractivity contribution in [2.45, 2.75) is 39.2 Å². The summed E-state index contributed by atoms with van der Waals surface area (Å²) in [6.45, 7) is 4.87. The predicted molar refractivity (Wildman–Crippen MR) is 75.0 cm³/mol. The van der Waals surface area contributed by atoms with Gasteiger partial charge in [0.05, 0.1) is 17.8 Å². The summed E-state index contributed by atoms with van der Waals surface area (Å²) in [7, 11) is 0. The Hall–Kier alpha value is -2.25. The van der Waals surface area contributed by atoms with Gasteiger partial charge in [0.15, 0.2) is 0 Å². The van der Waals surface area contributed by atoms with Gasteiger partial charge in [0.2, 0.25) is 11.9 Å². The van der Waals surface area contributed by atoms with Crippen LogP contribution in [0.15, 0.2) is 0 Å². The van der Waals surface area contributed by atoms with Gasteiger partial charge in [-0.15, -0.1) is 5.10 Å². The molecule has 114 valence electrons. The van der Waals surface area contributed by atoms with Crippen molar-refractivity contribution >= 4 is 17.8 Å². The zero-order valence-electron chi connectivity index (χ0n) is 12.2. The number of carbonyl (C=O) groups excluding carboxylic acids is 1. The summed E-state index contributed by atoms with van der Waals surface area (Å²) in [5.41, 5.74) is 1.67. The van der Waals surface area contributed by atoms with Crippen molar-refractivity contribution in [2.75, 3.05) is 18.0 Å². The molecule has 1 aromatic heterocycles. The molecular weight excluding hydrogens is 274 g/mol. The molecule has 2 N–H and O–H groups in total. The third kappa shape index (κ3) is 3.26. The summed E-state index contributed by atoms with van der Waals surface area (Å²) in [6, 6.07) is -0.796. The van der Waals surface area contributed by atoms with Crippen molar-refractivity contribution in [1.82, 2.24) is 20.5 Å². The van der Waals surface area contributed by atoms with E-state index in [1.54, 1.807) is 4.90 Å². The number of aromatic nitrogens is 3. The Balaban J connectivity index is 2.33. The van der Waals surface area contributed by atoms with Crippen molar-refractivity contribution in [3.63, 3.8) is 0 Å². The number of carboxylic acid groups (broad SMARTS) is 1. The number of amides is 1. The van der Waals surface area contributed by atoms with Crippen LogP contribution in [-0.4, -0.2) is 51.3 Å². The Morgan fingerprint density at radius 3 is 2.67 bits per heavy atom. The first kappa shape index (κ1) is 15.1. The molecule has 1 amide bonds. The Bertz CT molecular complexity index is 549. The van der Waals surface area contributed by atoms with Crippen molar-refractivity contribution in [2.24, 2.45) is 0 Å². The maximum absolute atomic E-state index is 11.9. The van der Waals surface area contributed by atoms with Gasteiger partial charge in [-0.1, -0.05) is 13.8 Å². The van der Waals surface area contributed by atoms with Crippen LogP contribution in [0.2, 0.25) is 0 Å². The van der Waals surface area contributed by atoms with Crippen LogP contribution in [0.5, 0.6) is 0 Å². The van der Waals surface area contributed by atoms with Crippen molar-refractivity contribution in [3.8, 4) is 0 Å². The second kappa shape index (κ2) is 6.47. The van der Waals surface area contributed by atoms with E-state index in [0.717, 1.165) is 24.2 Å². The molecule has 2 rings (SSSR count). The largest absolute Gasteiger partial charge is 0.481 e. The fourth-order valence-electron chi connectivity index (χ4n) is 2.37. The minimum atomic E-state index is -1.03. The molecule has 1 unspecified atom stereocenters. The van der Waals surface area contributed by atoms with Crippen LogP contribution in [-0.2, 0) is 22.4 Å². The Morgan fingerprint density at radius 1 is 1.33 bits per heavy atom. The molecule has 1 fully saturated rings. The molecule has 1 aliphatic rings.